The molecule has 17 heavy (non-hydrogen) atoms. The van der Waals surface area contributed by atoms with Crippen LogP contribution in [0.3, 0.4) is 0 Å². The summed E-state index contributed by atoms with van der Waals surface area (Å²) in [5, 5.41) is 0. The van der Waals surface area contributed by atoms with Crippen LogP contribution < -0.4 is 17.0 Å². The molecular weight excluding hydrogens is 222 g/mol. The molecule has 0 bridgehead atoms. The molecule has 2 aromatic heterocycles. The molecule has 0 radical (unpaired) electrons. The van der Waals surface area contributed by atoms with Crippen molar-refractivity contribution in [2.75, 3.05) is 0 Å². The molecule has 2 heterocycles. The number of nitrogens with two attached hydrogens (primary N) is 1. The zero-order chi connectivity index (χ0) is 12.7. The lowest BCUT2D eigenvalue weighted by Crippen LogP contribution is -2.37. The first-order valence-electron chi connectivity index (χ1n) is 5.38. The number of rotatable bonds is 2. The molecule has 0 aliphatic heterocycles. The summed E-state index contributed by atoms with van der Waals surface area (Å²) in [4.78, 5) is 28.1. The predicted molar refractivity (Wildman–Crippen MR) is 63.8 cm³/mol. The van der Waals surface area contributed by atoms with Crippen LogP contribution >= 0.6 is 0 Å². The van der Waals surface area contributed by atoms with Gasteiger partial charge in [0, 0.05) is 20.6 Å². The predicted octanol–water partition coefficient (Wildman–Crippen LogP) is -1.09. The van der Waals surface area contributed by atoms with Gasteiger partial charge in [0.05, 0.1) is 6.54 Å². The highest BCUT2D eigenvalue weighted by Gasteiger charge is 2.16. The Hall–Kier alpha value is -1.89. The van der Waals surface area contributed by atoms with Crippen LogP contribution in [0.2, 0.25) is 0 Å². The Morgan fingerprint density at radius 3 is 2.41 bits per heavy atom. The van der Waals surface area contributed by atoms with Crippen LogP contribution in [-0.4, -0.2) is 18.7 Å². The third kappa shape index (κ3) is 1.42. The van der Waals surface area contributed by atoms with E-state index < -0.39 is 0 Å². The molecular formula is C10H15N5O2. The first kappa shape index (κ1) is 11.6. The lowest BCUT2D eigenvalue weighted by atomic mass is 10.5. The van der Waals surface area contributed by atoms with Crippen molar-refractivity contribution >= 4 is 11.2 Å². The largest absolute Gasteiger partial charge is 0.332 e. The Balaban J connectivity index is 3.10. The van der Waals surface area contributed by atoms with Crippen molar-refractivity contribution in [3.8, 4) is 0 Å². The Bertz CT molecular complexity index is 691. The highest BCUT2D eigenvalue weighted by molar-refractivity contribution is 5.71. The first-order valence-corrected chi connectivity index (χ1v) is 5.38. The van der Waals surface area contributed by atoms with Gasteiger partial charge in [0.25, 0.3) is 5.56 Å². The maximum atomic E-state index is 12.1. The summed E-state index contributed by atoms with van der Waals surface area (Å²) < 4.78 is 4.19. The fraction of sp³-hybridized carbons (Fsp3) is 0.500. The number of aryl methyl sites for hydroxylation is 2. The molecule has 0 amide bonds. The van der Waals surface area contributed by atoms with E-state index in [2.05, 4.69) is 4.98 Å². The van der Waals surface area contributed by atoms with Crippen molar-refractivity contribution in [3.63, 3.8) is 0 Å². The van der Waals surface area contributed by atoms with Crippen molar-refractivity contribution < 1.29 is 0 Å². The van der Waals surface area contributed by atoms with Gasteiger partial charge >= 0.3 is 5.69 Å². The number of fused-ring (bicyclic) bond motifs is 1. The Morgan fingerprint density at radius 2 is 1.88 bits per heavy atom. The van der Waals surface area contributed by atoms with E-state index in [9.17, 15) is 9.59 Å². The molecule has 2 aromatic rings. The number of hydrogen-bond acceptors (Lipinski definition) is 4. The van der Waals surface area contributed by atoms with Gasteiger partial charge in [0.1, 0.15) is 5.82 Å². The van der Waals surface area contributed by atoms with Crippen molar-refractivity contribution in [1.82, 2.24) is 18.7 Å². The van der Waals surface area contributed by atoms with Crippen LogP contribution in [0.5, 0.6) is 0 Å². The summed E-state index contributed by atoms with van der Waals surface area (Å²) in [5.41, 5.74) is 5.69. The Kier molecular flexibility index (Phi) is 2.62. The molecule has 2 rings (SSSR count). The standard InChI is InChI=1S/C10H15N5O2/c1-4-15-6(5-11)12-8-7(15)9(16)14(3)10(17)13(8)2/h4-5,11H2,1-3H3. The fourth-order valence-electron chi connectivity index (χ4n) is 1.99. The summed E-state index contributed by atoms with van der Waals surface area (Å²) in [6.07, 6.45) is 0. The van der Waals surface area contributed by atoms with Crippen molar-refractivity contribution in [2.45, 2.75) is 20.0 Å². The van der Waals surface area contributed by atoms with Gasteiger partial charge in [0.2, 0.25) is 0 Å². The van der Waals surface area contributed by atoms with Gasteiger partial charge in [-0.25, -0.2) is 9.78 Å². The summed E-state index contributed by atoms with van der Waals surface area (Å²) in [6.45, 7) is 2.74. The van der Waals surface area contributed by atoms with Crippen molar-refractivity contribution in [1.29, 1.82) is 0 Å². The molecule has 0 spiro atoms. The van der Waals surface area contributed by atoms with E-state index in [4.69, 9.17) is 5.73 Å². The Labute approximate surface area is 97.1 Å². The first-order chi connectivity index (χ1) is 8.02. The van der Waals surface area contributed by atoms with Crippen molar-refractivity contribution in [2.24, 2.45) is 19.8 Å². The van der Waals surface area contributed by atoms with Gasteiger partial charge in [-0.3, -0.25) is 13.9 Å². The average Bonchev–Trinajstić information content (AvgIpc) is 2.72. The van der Waals surface area contributed by atoms with E-state index in [0.717, 1.165) is 4.57 Å². The smallest absolute Gasteiger partial charge is 0.324 e. The van der Waals surface area contributed by atoms with Crippen LogP contribution in [0.1, 0.15) is 12.7 Å². The minimum absolute atomic E-state index is 0.236. The number of aromatic nitrogens is 4. The molecule has 0 saturated heterocycles. The quantitative estimate of drug-likeness (QED) is 0.719. The zero-order valence-electron chi connectivity index (χ0n) is 10.1. The number of nitrogens with zero attached hydrogens (tertiary/aromatic N) is 4. The molecule has 92 valence electrons. The molecule has 2 N–H and O–H groups in total. The van der Waals surface area contributed by atoms with Gasteiger partial charge < -0.3 is 10.3 Å². The lowest BCUT2D eigenvalue weighted by Gasteiger charge is -2.05. The van der Waals surface area contributed by atoms with E-state index >= 15 is 0 Å². The van der Waals surface area contributed by atoms with Crippen LogP contribution in [0, 0.1) is 0 Å². The molecule has 0 fully saturated rings. The molecule has 0 aliphatic rings. The van der Waals surface area contributed by atoms with E-state index in [1.807, 2.05) is 6.92 Å². The molecule has 0 aromatic carbocycles. The SMILES string of the molecule is CCn1c(CN)nc2c1c(=O)n(C)c(=O)n2C. The summed E-state index contributed by atoms with van der Waals surface area (Å²) in [7, 11) is 3.05. The second kappa shape index (κ2) is 3.85. The Morgan fingerprint density at radius 1 is 1.24 bits per heavy atom. The lowest BCUT2D eigenvalue weighted by molar-refractivity contribution is 0.691. The van der Waals surface area contributed by atoms with Crippen LogP contribution in [-0.2, 0) is 27.2 Å². The molecule has 7 nitrogen and oxygen atoms in total. The van der Waals surface area contributed by atoms with E-state index in [1.54, 1.807) is 11.6 Å². The topological polar surface area (TPSA) is 87.8 Å². The third-order valence-electron chi connectivity index (χ3n) is 2.93. The monoisotopic (exact) mass is 237 g/mol. The maximum Gasteiger partial charge on any atom is 0.332 e. The van der Waals surface area contributed by atoms with Crippen molar-refractivity contribution in [3.05, 3.63) is 26.7 Å². The third-order valence-corrected chi connectivity index (χ3v) is 2.93. The maximum absolute atomic E-state index is 12.1. The highest BCUT2D eigenvalue weighted by Crippen LogP contribution is 2.09. The van der Waals surface area contributed by atoms with Gasteiger partial charge in [-0.1, -0.05) is 0 Å². The van der Waals surface area contributed by atoms with Crippen LogP contribution in [0.15, 0.2) is 9.59 Å². The number of imidazole rings is 1. The highest BCUT2D eigenvalue weighted by atomic mass is 16.2. The minimum atomic E-state index is -0.383. The van der Waals surface area contributed by atoms with E-state index in [-0.39, 0.29) is 17.8 Å². The number of hydrogen-bond donors (Lipinski definition) is 1. The minimum Gasteiger partial charge on any atom is -0.324 e. The normalized spacial score (nSPS) is 11.3. The average molecular weight is 237 g/mol. The summed E-state index contributed by atoms with van der Waals surface area (Å²) in [6, 6.07) is 0. The van der Waals surface area contributed by atoms with E-state index in [0.29, 0.717) is 23.5 Å². The molecule has 0 aliphatic carbocycles. The van der Waals surface area contributed by atoms with Gasteiger partial charge in [0.15, 0.2) is 11.2 Å². The molecule has 0 unspecified atom stereocenters. The van der Waals surface area contributed by atoms with Gasteiger partial charge in [-0.15, -0.1) is 0 Å². The molecule has 0 atom stereocenters. The molecule has 7 heteroatoms. The fourth-order valence-corrected chi connectivity index (χ4v) is 1.99. The second-order valence-corrected chi connectivity index (χ2v) is 3.85. The summed E-state index contributed by atoms with van der Waals surface area (Å²) in [5.74, 6) is 0.612. The van der Waals surface area contributed by atoms with Gasteiger partial charge in [-0.05, 0) is 6.92 Å². The zero-order valence-corrected chi connectivity index (χ0v) is 10.1. The molecule has 0 saturated carbocycles. The van der Waals surface area contributed by atoms with Crippen LogP contribution in [0.25, 0.3) is 11.2 Å². The van der Waals surface area contributed by atoms with Crippen LogP contribution in [0.4, 0.5) is 0 Å². The second-order valence-electron chi connectivity index (χ2n) is 3.85. The van der Waals surface area contributed by atoms with Gasteiger partial charge in [-0.2, -0.15) is 0 Å². The van der Waals surface area contributed by atoms with E-state index in [1.165, 1.54) is 11.6 Å². The summed E-state index contributed by atoms with van der Waals surface area (Å²) >= 11 is 0.